The van der Waals surface area contributed by atoms with Crippen LogP contribution in [0, 0.1) is 0 Å². The summed E-state index contributed by atoms with van der Waals surface area (Å²) in [4.78, 5) is 4.34. The Morgan fingerprint density at radius 3 is 2.23 bits per heavy atom. The van der Waals surface area contributed by atoms with Crippen LogP contribution in [-0.2, 0) is 6.18 Å². The van der Waals surface area contributed by atoms with Crippen LogP contribution >= 0.6 is 11.6 Å². The molecule has 1 N–H and O–H groups in total. The fraction of sp³-hybridized carbons (Fsp3) is 0.368. The predicted octanol–water partition coefficient (Wildman–Crippen LogP) is 4.21. The van der Waals surface area contributed by atoms with Crippen LogP contribution in [0.1, 0.15) is 17.2 Å². The molecular formula is C19H20ClF3N2O. The number of hydrogen-bond acceptors (Lipinski definition) is 3. The van der Waals surface area contributed by atoms with Crippen molar-refractivity contribution in [3.8, 4) is 0 Å². The molecule has 0 saturated carbocycles. The van der Waals surface area contributed by atoms with Gasteiger partial charge in [-0.15, -0.1) is 0 Å². The third-order valence-electron chi connectivity index (χ3n) is 4.60. The molecule has 3 rings (SSSR count). The van der Waals surface area contributed by atoms with Gasteiger partial charge in [0.05, 0.1) is 11.7 Å². The number of benzene rings is 2. The van der Waals surface area contributed by atoms with Crippen LogP contribution in [-0.4, -0.2) is 42.7 Å². The van der Waals surface area contributed by atoms with Crippen LogP contribution < -0.4 is 4.90 Å². The lowest BCUT2D eigenvalue weighted by Crippen LogP contribution is -2.47. The van der Waals surface area contributed by atoms with Gasteiger partial charge in [-0.3, -0.25) is 4.90 Å². The minimum atomic E-state index is -4.36. The number of hydrogen-bond donors (Lipinski definition) is 1. The number of aliphatic hydroxyl groups is 1. The molecule has 0 radical (unpaired) electrons. The van der Waals surface area contributed by atoms with E-state index >= 15 is 0 Å². The van der Waals surface area contributed by atoms with Gasteiger partial charge in [0, 0.05) is 43.4 Å². The zero-order valence-electron chi connectivity index (χ0n) is 14.1. The molecule has 1 aliphatic heterocycles. The van der Waals surface area contributed by atoms with Crippen molar-refractivity contribution in [1.82, 2.24) is 4.90 Å². The standard InChI is InChI=1S/C19H20ClF3N2O/c20-16-2-1-3-17(12-16)25-10-8-24(9-11-25)13-18(26)14-4-6-15(7-5-14)19(21,22)23/h1-7,12,18,26H,8-11,13H2/t18-/m0/s1. The fourth-order valence-corrected chi connectivity index (χ4v) is 3.29. The van der Waals surface area contributed by atoms with E-state index in [9.17, 15) is 18.3 Å². The van der Waals surface area contributed by atoms with Crippen molar-refractivity contribution in [3.63, 3.8) is 0 Å². The molecule has 0 aliphatic carbocycles. The number of anilines is 1. The van der Waals surface area contributed by atoms with E-state index in [0.717, 1.165) is 44.0 Å². The zero-order chi connectivity index (χ0) is 18.7. The number of β-amino-alcohol motifs (C(OH)–C–C–N with tert-alkyl or cyclic N) is 1. The largest absolute Gasteiger partial charge is 0.416 e. The smallest absolute Gasteiger partial charge is 0.387 e. The van der Waals surface area contributed by atoms with Crippen molar-refractivity contribution in [2.24, 2.45) is 0 Å². The number of piperazine rings is 1. The summed E-state index contributed by atoms with van der Waals surface area (Å²) in [6.45, 7) is 3.54. The van der Waals surface area contributed by atoms with E-state index in [2.05, 4.69) is 9.80 Å². The van der Waals surface area contributed by atoms with Crippen molar-refractivity contribution < 1.29 is 18.3 Å². The molecule has 26 heavy (non-hydrogen) atoms. The molecule has 0 aromatic heterocycles. The topological polar surface area (TPSA) is 26.7 Å². The highest BCUT2D eigenvalue weighted by Gasteiger charge is 2.30. The van der Waals surface area contributed by atoms with Gasteiger partial charge in [-0.05, 0) is 35.9 Å². The van der Waals surface area contributed by atoms with Gasteiger partial charge in [0.2, 0.25) is 0 Å². The first-order chi connectivity index (χ1) is 12.3. The summed E-state index contributed by atoms with van der Waals surface area (Å²) in [5.74, 6) is 0. The van der Waals surface area contributed by atoms with E-state index in [1.807, 2.05) is 24.3 Å². The van der Waals surface area contributed by atoms with Gasteiger partial charge in [0.25, 0.3) is 0 Å². The van der Waals surface area contributed by atoms with E-state index in [4.69, 9.17) is 11.6 Å². The first kappa shape index (κ1) is 19.0. The molecule has 140 valence electrons. The lowest BCUT2D eigenvalue weighted by Gasteiger charge is -2.37. The molecule has 1 saturated heterocycles. The van der Waals surface area contributed by atoms with Crippen molar-refractivity contribution in [2.45, 2.75) is 12.3 Å². The van der Waals surface area contributed by atoms with E-state index < -0.39 is 17.8 Å². The van der Waals surface area contributed by atoms with E-state index in [0.29, 0.717) is 17.1 Å². The highest BCUT2D eigenvalue weighted by Crippen LogP contribution is 2.30. The van der Waals surface area contributed by atoms with Gasteiger partial charge in [0.1, 0.15) is 0 Å². The van der Waals surface area contributed by atoms with Crippen molar-refractivity contribution in [3.05, 3.63) is 64.7 Å². The Hall–Kier alpha value is -1.76. The van der Waals surface area contributed by atoms with E-state index in [1.165, 1.54) is 12.1 Å². The van der Waals surface area contributed by atoms with Crippen LogP contribution in [0.2, 0.25) is 5.02 Å². The Morgan fingerprint density at radius 2 is 1.65 bits per heavy atom. The second kappa shape index (κ2) is 7.86. The van der Waals surface area contributed by atoms with Gasteiger partial charge < -0.3 is 10.0 Å². The highest BCUT2D eigenvalue weighted by atomic mass is 35.5. The number of halogens is 4. The quantitative estimate of drug-likeness (QED) is 0.855. The van der Waals surface area contributed by atoms with Crippen LogP contribution in [0.4, 0.5) is 18.9 Å². The Morgan fingerprint density at radius 1 is 1.00 bits per heavy atom. The van der Waals surface area contributed by atoms with Gasteiger partial charge in [-0.25, -0.2) is 0 Å². The Bertz CT molecular complexity index is 728. The van der Waals surface area contributed by atoms with Crippen LogP contribution in [0.15, 0.2) is 48.5 Å². The van der Waals surface area contributed by atoms with E-state index in [1.54, 1.807) is 0 Å². The minimum Gasteiger partial charge on any atom is -0.387 e. The van der Waals surface area contributed by atoms with Crippen molar-refractivity contribution in [1.29, 1.82) is 0 Å². The van der Waals surface area contributed by atoms with Crippen LogP contribution in [0.25, 0.3) is 0 Å². The molecule has 0 spiro atoms. The number of aliphatic hydroxyl groups excluding tert-OH is 1. The van der Waals surface area contributed by atoms with Crippen molar-refractivity contribution >= 4 is 17.3 Å². The maximum absolute atomic E-state index is 12.6. The molecule has 7 heteroatoms. The molecule has 1 heterocycles. The number of rotatable bonds is 4. The summed E-state index contributed by atoms with van der Waals surface area (Å²) in [5.41, 5.74) is 0.860. The zero-order valence-corrected chi connectivity index (χ0v) is 14.8. The summed E-state index contributed by atoms with van der Waals surface area (Å²) in [6.07, 6.45) is -5.17. The molecule has 1 aliphatic rings. The van der Waals surface area contributed by atoms with E-state index in [-0.39, 0.29) is 0 Å². The SMILES string of the molecule is O[C@@H](CN1CCN(c2cccc(Cl)c2)CC1)c1ccc(C(F)(F)F)cc1. The summed E-state index contributed by atoms with van der Waals surface area (Å²) >= 11 is 6.03. The molecule has 1 atom stereocenters. The lowest BCUT2D eigenvalue weighted by atomic mass is 10.1. The number of alkyl halides is 3. The molecule has 0 unspecified atom stereocenters. The Kier molecular flexibility index (Phi) is 5.75. The lowest BCUT2D eigenvalue weighted by molar-refractivity contribution is -0.137. The fourth-order valence-electron chi connectivity index (χ4n) is 3.11. The number of nitrogens with zero attached hydrogens (tertiary/aromatic N) is 2. The minimum absolute atomic E-state index is 0.398. The summed E-state index contributed by atoms with van der Waals surface area (Å²) < 4.78 is 37.8. The maximum Gasteiger partial charge on any atom is 0.416 e. The average Bonchev–Trinajstić information content (AvgIpc) is 2.62. The molecule has 2 aromatic carbocycles. The average molecular weight is 385 g/mol. The third kappa shape index (κ3) is 4.69. The Labute approximate surface area is 155 Å². The van der Waals surface area contributed by atoms with Gasteiger partial charge in [0.15, 0.2) is 0 Å². The highest BCUT2D eigenvalue weighted by molar-refractivity contribution is 6.30. The second-order valence-corrected chi connectivity index (χ2v) is 6.84. The first-order valence-electron chi connectivity index (χ1n) is 8.41. The first-order valence-corrected chi connectivity index (χ1v) is 8.79. The molecular weight excluding hydrogens is 365 g/mol. The Balaban J connectivity index is 1.54. The predicted molar refractivity (Wildman–Crippen MR) is 96.5 cm³/mol. The summed E-state index contributed by atoms with van der Waals surface area (Å²) in [5, 5.41) is 11.0. The molecule has 3 nitrogen and oxygen atoms in total. The van der Waals surface area contributed by atoms with Crippen molar-refractivity contribution in [2.75, 3.05) is 37.6 Å². The van der Waals surface area contributed by atoms with Gasteiger partial charge in [-0.2, -0.15) is 13.2 Å². The normalized spacial score (nSPS) is 17.3. The molecule has 0 bridgehead atoms. The van der Waals surface area contributed by atoms with Crippen LogP contribution in [0.5, 0.6) is 0 Å². The molecule has 2 aromatic rings. The summed E-state index contributed by atoms with van der Waals surface area (Å²) in [6, 6.07) is 12.4. The monoisotopic (exact) mass is 384 g/mol. The van der Waals surface area contributed by atoms with Crippen LogP contribution in [0.3, 0.4) is 0 Å². The molecule has 0 amide bonds. The van der Waals surface area contributed by atoms with Gasteiger partial charge >= 0.3 is 6.18 Å². The molecule has 1 fully saturated rings. The summed E-state index contributed by atoms with van der Waals surface area (Å²) in [7, 11) is 0. The third-order valence-corrected chi connectivity index (χ3v) is 4.83. The second-order valence-electron chi connectivity index (χ2n) is 6.40. The van der Waals surface area contributed by atoms with Gasteiger partial charge in [-0.1, -0.05) is 29.8 Å². The maximum atomic E-state index is 12.6.